The Morgan fingerprint density at radius 2 is 2.17 bits per heavy atom. The number of carbonyl (C=O) groups is 1. The molecule has 1 amide bonds. The molecule has 1 atom stereocenters. The molecule has 4 heteroatoms. The van der Waals surface area contributed by atoms with Gasteiger partial charge in [0.05, 0.1) is 0 Å². The van der Waals surface area contributed by atoms with E-state index in [-0.39, 0.29) is 5.91 Å². The van der Waals surface area contributed by atoms with Gasteiger partial charge in [-0.2, -0.15) is 0 Å². The van der Waals surface area contributed by atoms with E-state index in [0.717, 1.165) is 25.1 Å². The van der Waals surface area contributed by atoms with Gasteiger partial charge in [-0.25, -0.2) is 0 Å². The first-order valence-corrected chi connectivity index (χ1v) is 8.87. The van der Waals surface area contributed by atoms with Gasteiger partial charge < -0.3 is 4.90 Å². The van der Waals surface area contributed by atoms with E-state index < -0.39 is 0 Å². The third-order valence-corrected chi connectivity index (χ3v) is 5.05. The number of amides is 1. The fourth-order valence-corrected chi connectivity index (χ4v) is 3.49. The molecule has 1 heterocycles. The van der Waals surface area contributed by atoms with E-state index in [1.165, 1.54) is 12.8 Å². The molecule has 0 spiro atoms. The highest BCUT2D eigenvalue weighted by Crippen LogP contribution is 2.20. The van der Waals surface area contributed by atoms with Crippen LogP contribution >= 0.6 is 11.6 Å². The summed E-state index contributed by atoms with van der Waals surface area (Å²) in [6, 6.07) is 8.48. The van der Waals surface area contributed by atoms with E-state index in [0.29, 0.717) is 17.1 Å². The van der Waals surface area contributed by atoms with Gasteiger partial charge in [-0.3, -0.25) is 9.69 Å². The zero-order chi connectivity index (χ0) is 16.8. The minimum Gasteiger partial charge on any atom is -0.338 e. The second-order valence-electron chi connectivity index (χ2n) is 6.25. The number of halogens is 1. The summed E-state index contributed by atoms with van der Waals surface area (Å²) in [7, 11) is 1.91. The number of carbonyl (C=O) groups excluding carboxylic acids is 1. The maximum absolute atomic E-state index is 12.4. The summed E-state index contributed by atoms with van der Waals surface area (Å²) in [6.45, 7) is 6.56. The minimum atomic E-state index is 0.0568. The molecular weight excluding hydrogens is 308 g/mol. The van der Waals surface area contributed by atoms with Gasteiger partial charge in [0, 0.05) is 43.3 Å². The summed E-state index contributed by atoms with van der Waals surface area (Å²) in [4.78, 5) is 16.8. The molecule has 2 rings (SSSR count). The van der Waals surface area contributed by atoms with Crippen LogP contribution in [-0.4, -0.2) is 47.9 Å². The Hall–Kier alpha value is -1.32. The summed E-state index contributed by atoms with van der Waals surface area (Å²) >= 11 is 5.96. The lowest BCUT2D eigenvalue weighted by molar-refractivity contribution is -0.126. The predicted molar refractivity (Wildman–Crippen MR) is 97.6 cm³/mol. The molecule has 1 aromatic carbocycles. The van der Waals surface area contributed by atoms with Gasteiger partial charge in [0.15, 0.2) is 0 Å². The van der Waals surface area contributed by atoms with E-state index in [1.54, 1.807) is 6.08 Å². The third kappa shape index (κ3) is 4.82. The van der Waals surface area contributed by atoms with Crippen molar-refractivity contribution in [2.75, 3.05) is 20.1 Å². The van der Waals surface area contributed by atoms with Crippen molar-refractivity contribution in [1.82, 2.24) is 9.80 Å². The number of likely N-dealkylation sites (tertiary alicyclic amines) is 1. The van der Waals surface area contributed by atoms with Gasteiger partial charge in [-0.1, -0.05) is 37.6 Å². The number of nitrogens with zero attached hydrogens (tertiary/aromatic N) is 2. The van der Waals surface area contributed by atoms with Gasteiger partial charge in [0.1, 0.15) is 0 Å². The summed E-state index contributed by atoms with van der Waals surface area (Å²) in [5.74, 6) is 0.0568. The zero-order valence-electron chi connectivity index (χ0n) is 14.3. The van der Waals surface area contributed by atoms with Crippen LogP contribution in [0.15, 0.2) is 30.3 Å². The van der Waals surface area contributed by atoms with Gasteiger partial charge in [0.25, 0.3) is 0 Å². The van der Waals surface area contributed by atoms with Crippen molar-refractivity contribution in [2.24, 2.45) is 0 Å². The molecule has 0 aromatic heterocycles. The first-order valence-electron chi connectivity index (χ1n) is 8.49. The second-order valence-corrected chi connectivity index (χ2v) is 6.68. The van der Waals surface area contributed by atoms with Gasteiger partial charge >= 0.3 is 0 Å². The molecule has 0 aliphatic carbocycles. The summed E-state index contributed by atoms with van der Waals surface area (Å²) in [6.07, 6.45) is 6.89. The van der Waals surface area contributed by atoms with Crippen molar-refractivity contribution < 1.29 is 4.79 Å². The van der Waals surface area contributed by atoms with E-state index >= 15 is 0 Å². The molecule has 1 aliphatic heterocycles. The SMILES string of the molecule is CCC(CC)N1CCC(N(C)C(=O)C=Cc2cccc(Cl)c2)C1. The van der Waals surface area contributed by atoms with Crippen molar-refractivity contribution in [1.29, 1.82) is 0 Å². The van der Waals surface area contributed by atoms with Crippen molar-refractivity contribution in [2.45, 2.75) is 45.2 Å². The highest BCUT2D eigenvalue weighted by atomic mass is 35.5. The third-order valence-electron chi connectivity index (χ3n) is 4.82. The molecule has 0 bridgehead atoms. The number of hydrogen-bond donors (Lipinski definition) is 0. The Labute approximate surface area is 144 Å². The van der Waals surface area contributed by atoms with Crippen molar-refractivity contribution in [3.05, 3.63) is 40.9 Å². The molecule has 23 heavy (non-hydrogen) atoms. The van der Waals surface area contributed by atoms with E-state index in [9.17, 15) is 4.79 Å². The quantitative estimate of drug-likeness (QED) is 0.732. The number of hydrogen-bond acceptors (Lipinski definition) is 2. The highest BCUT2D eigenvalue weighted by Gasteiger charge is 2.30. The van der Waals surface area contributed by atoms with Crippen molar-refractivity contribution in [3.63, 3.8) is 0 Å². The smallest absolute Gasteiger partial charge is 0.246 e. The topological polar surface area (TPSA) is 23.6 Å². The van der Waals surface area contributed by atoms with E-state index in [2.05, 4.69) is 18.7 Å². The van der Waals surface area contributed by atoms with Crippen LogP contribution in [0.25, 0.3) is 6.08 Å². The first kappa shape index (κ1) is 18.0. The molecule has 126 valence electrons. The molecule has 1 unspecified atom stereocenters. The molecule has 1 aromatic rings. The molecule has 0 saturated carbocycles. The van der Waals surface area contributed by atoms with E-state index in [4.69, 9.17) is 11.6 Å². The molecule has 1 aliphatic rings. The molecule has 0 N–H and O–H groups in total. The lowest BCUT2D eigenvalue weighted by Crippen LogP contribution is -2.40. The number of benzene rings is 1. The van der Waals surface area contributed by atoms with E-state index in [1.807, 2.05) is 42.3 Å². The lowest BCUT2D eigenvalue weighted by Gasteiger charge is -2.28. The van der Waals surface area contributed by atoms with Crippen LogP contribution in [0.3, 0.4) is 0 Å². The second kappa shape index (κ2) is 8.51. The van der Waals surface area contributed by atoms with Crippen molar-refractivity contribution >= 4 is 23.6 Å². The molecule has 3 nitrogen and oxygen atoms in total. The summed E-state index contributed by atoms with van der Waals surface area (Å²) in [5.41, 5.74) is 0.948. The summed E-state index contributed by atoms with van der Waals surface area (Å²) < 4.78 is 0. The Kier molecular flexibility index (Phi) is 6.67. The van der Waals surface area contributed by atoms with Crippen molar-refractivity contribution in [3.8, 4) is 0 Å². The van der Waals surface area contributed by atoms with Gasteiger partial charge in [-0.15, -0.1) is 0 Å². The first-order chi connectivity index (χ1) is 11.0. The normalized spacial score (nSPS) is 18.9. The van der Waals surface area contributed by atoms with Crippen LogP contribution < -0.4 is 0 Å². The standard InChI is InChI=1S/C19H27ClN2O/c1-4-17(5-2)22-12-11-18(14-22)21(3)19(23)10-9-15-7-6-8-16(20)13-15/h6-10,13,17-18H,4-5,11-12,14H2,1-3H3. The lowest BCUT2D eigenvalue weighted by atomic mass is 10.1. The highest BCUT2D eigenvalue weighted by molar-refractivity contribution is 6.30. The van der Waals surface area contributed by atoms with Gasteiger partial charge in [-0.05, 0) is 43.0 Å². The van der Waals surface area contributed by atoms with Crippen LogP contribution in [-0.2, 0) is 4.79 Å². The average Bonchev–Trinajstić information content (AvgIpc) is 3.03. The molecule has 1 fully saturated rings. The Morgan fingerprint density at radius 1 is 1.43 bits per heavy atom. The monoisotopic (exact) mass is 334 g/mol. The minimum absolute atomic E-state index is 0.0568. The van der Waals surface area contributed by atoms with Crippen LogP contribution in [0.5, 0.6) is 0 Å². The Balaban J connectivity index is 1.93. The van der Waals surface area contributed by atoms with Crippen LogP contribution in [0.2, 0.25) is 5.02 Å². The maximum atomic E-state index is 12.4. The van der Waals surface area contributed by atoms with Crippen LogP contribution in [0.4, 0.5) is 0 Å². The summed E-state index contributed by atoms with van der Waals surface area (Å²) in [5, 5.41) is 0.685. The Bertz CT molecular complexity index is 554. The molecule has 1 saturated heterocycles. The zero-order valence-corrected chi connectivity index (χ0v) is 15.1. The van der Waals surface area contributed by atoms with Crippen LogP contribution in [0.1, 0.15) is 38.7 Å². The van der Waals surface area contributed by atoms with Gasteiger partial charge in [0.2, 0.25) is 5.91 Å². The molecule has 0 radical (unpaired) electrons. The predicted octanol–water partition coefficient (Wildman–Crippen LogP) is 4.07. The number of likely N-dealkylation sites (N-methyl/N-ethyl adjacent to an activating group) is 1. The maximum Gasteiger partial charge on any atom is 0.246 e. The fourth-order valence-electron chi connectivity index (χ4n) is 3.30. The average molecular weight is 335 g/mol. The molecular formula is C19H27ClN2O. The largest absolute Gasteiger partial charge is 0.338 e. The number of rotatable bonds is 6. The Morgan fingerprint density at radius 3 is 2.83 bits per heavy atom. The fraction of sp³-hybridized carbons (Fsp3) is 0.526. The van der Waals surface area contributed by atoms with Crippen LogP contribution in [0, 0.1) is 0 Å².